The van der Waals surface area contributed by atoms with Gasteiger partial charge in [0.25, 0.3) is 0 Å². The molecule has 0 radical (unpaired) electrons. The van der Waals surface area contributed by atoms with Crippen molar-refractivity contribution in [3.8, 4) is 0 Å². The van der Waals surface area contributed by atoms with Gasteiger partial charge in [-0.25, -0.2) is 0 Å². The largest absolute Gasteiger partial charge is 0.330 e. The molecule has 1 aromatic rings. The first-order valence-corrected chi connectivity index (χ1v) is 8.22. The van der Waals surface area contributed by atoms with Crippen LogP contribution in [0.2, 0.25) is 0 Å². The van der Waals surface area contributed by atoms with Gasteiger partial charge in [0.05, 0.1) is 0 Å². The van der Waals surface area contributed by atoms with E-state index in [1.54, 1.807) is 0 Å². The van der Waals surface area contributed by atoms with Crippen LogP contribution in [-0.4, -0.2) is 19.0 Å². The van der Waals surface area contributed by atoms with Gasteiger partial charge in [0.1, 0.15) is 0 Å². The van der Waals surface area contributed by atoms with Crippen molar-refractivity contribution in [1.29, 1.82) is 0 Å². The maximum atomic E-state index is 12.9. The molecule has 0 heterocycles. The highest BCUT2D eigenvalue weighted by Gasteiger charge is 2.23. The summed E-state index contributed by atoms with van der Waals surface area (Å²) >= 11 is 0. The Bertz CT molecular complexity index is 425. The lowest BCUT2D eigenvalue weighted by Gasteiger charge is -2.27. The molecule has 2 N–H and O–H groups in total. The van der Waals surface area contributed by atoms with Crippen LogP contribution < -0.4 is 10.6 Å². The van der Waals surface area contributed by atoms with Gasteiger partial charge in [-0.05, 0) is 50.4 Å². The number of rotatable bonds is 9. The van der Waals surface area contributed by atoms with Gasteiger partial charge >= 0.3 is 0 Å². The standard InChI is InChI=1S/C18H30N2O/c1-4-8-16(9-5-2)18(21)20(13-7-12-19)17-11-6-10-15(3)14-17/h6,10-11,14,16H,4-5,7-9,12-13,19H2,1-3H3. The molecule has 3 heteroatoms. The Balaban J connectivity index is 2.96. The van der Waals surface area contributed by atoms with Gasteiger partial charge in [-0.3, -0.25) is 4.79 Å². The fraction of sp³-hybridized carbons (Fsp3) is 0.611. The second kappa shape index (κ2) is 9.56. The second-order valence-corrected chi connectivity index (χ2v) is 5.75. The summed E-state index contributed by atoms with van der Waals surface area (Å²) in [5, 5.41) is 0. The smallest absolute Gasteiger partial charge is 0.230 e. The molecule has 118 valence electrons. The Morgan fingerprint density at radius 1 is 1.24 bits per heavy atom. The van der Waals surface area contributed by atoms with Crippen molar-refractivity contribution in [2.24, 2.45) is 11.7 Å². The van der Waals surface area contributed by atoms with Crippen LogP contribution in [0.25, 0.3) is 0 Å². The number of nitrogens with zero attached hydrogens (tertiary/aromatic N) is 1. The number of carbonyl (C=O) groups excluding carboxylic acids is 1. The highest BCUT2D eigenvalue weighted by molar-refractivity contribution is 5.95. The fourth-order valence-electron chi connectivity index (χ4n) is 2.72. The maximum absolute atomic E-state index is 12.9. The van der Waals surface area contributed by atoms with E-state index in [2.05, 4.69) is 32.9 Å². The molecule has 0 saturated heterocycles. The van der Waals surface area contributed by atoms with Gasteiger partial charge in [-0.15, -0.1) is 0 Å². The third kappa shape index (κ3) is 5.50. The van der Waals surface area contributed by atoms with E-state index in [4.69, 9.17) is 5.73 Å². The fourth-order valence-corrected chi connectivity index (χ4v) is 2.72. The van der Waals surface area contributed by atoms with Crippen LogP contribution in [0.1, 0.15) is 51.5 Å². The minimum Gasteiger partial charge on any atom is -0.330 e. The van der Waals surface area contributed by atoms with Crippen molar-refractivity contribution in [2.75, 3.05) is 18.0 Å². The summed E-state index contributed by atoms with van der Waals surface area (Å²) < 4.78 is 0. The Kier molecular flexibility index (Phi) is 8.06. The molecular weight excluding hydrogens is 260 g/mol. The van der Waals surface area contributed by atoms with Gasteiger partial charge in [0, 0.05) is 18.2 Å². The van der Waals surface area contributed by atoms with E-state index in [9.17, 15) is 4.79 Å². The number of hydrogen-bond donors (Lipinski definition) is 1. The third-order valence-electron chi connectivity index (χ3n) is 3.79. The summed E-state index contributed by atoms with van der Waals surface area (Å²) in [6.07, 6.45) is 4.88. The molecule has 3 nitrogen and oxygen atoms in total. The number of hydrogen-bond acceptors (Lipinski definition) is 2. The van der Waals surface area contributed by atoms with Crippen molar-refractivity contribution < 1.29 is 4.79 Å². The molecule has 0 atom stereocenters. The number of benzene rings is 1. The Labute approximate surface area is 129 Å². The van der Waals surface area contributed by atoms with E-state index in [0.717, 1.165) is 37.8 Å². The molecular formula is C18H30N2O. The van der Waals surface area contributed by atoms with Crippen molar-refractivity contribution in [2.45, 2.75) is 52.9 Å². The molecule has 0 fully saturated rings. The first-order chi connectivity index (χ1) is 10.1. The van der Waals surface area contributed by atoms with Crippen LogP contribution in [-0.2, 0) is 4.79 Å². The van der Waals surface area contributed by atoms with Gasteiger partial charge < -0.3 is 10.6 Å². The van der Waals surface area contributed by atoms with E-state index in [1.807, 2.05) is 17.0 Å². The zero-order valence-electron chi connectivity index (χ0n) is 13.8. The van der Waals surface area contributed by atoms with Crippen LogP contribution in [0.5, 0.6) is 0 Å². The monoisotopic (exact) mass is 290 g/mol. The number of aryl methyl sites for hydroxylation is 1. The van der Waals surface area contributed by atoms with Crippen LogP contribution in [0, 0.1) is 12.8 Å². The van der Waals surface area contributed by atoms with E-state index in [1.165, 1.54) is 5.56 Å². The topological polar surface area (TPSA) is 46.3 Å². The Morgan fingerprint density at radius 2 is 1.90 bits per heavy atom. The zero-order valence-corrected chi connectivity index (χ0v) is 13.8. The molecule has 0 aliphatic heterocycles. The zero-order chi connectivity index (χ0) is 15.7. The third-order valence-corrected chi connectivity index (χ3v) is 3.79. The average molecular weight is 290 g/mol. The van der Waals surface area contributed by atoms with Crippen LogP contribution in [0.4, 0.5) is 5.69 Å². The highest BCUT2D eigenvalue weighted by atomic mass is 16.2. The van der Waals surface area contributed by atoms with Crippen LogP contribution >= 0.6 is 0 Å². The molecule has 21 heavy (non-hydrogen) atoms. The molecule has 0 bridgehead atoms. The van der Waals surface area contributed by atoms with Gasteiger partial charge in [0.15, 0.2) is 0 Å². The molecule has 0 spiro atoms. The molecule has 0 aliphatic rings. The minimum atomic E-state index is 0.137. The number of carbonyl (C=O) groups is 1. The predicted molar refractivity (Wildman–Crippen MR) is 90.5 cm³/mol. The molecule has 0 aliphatic carbocycles. The lowest BCUT2D eigenvalue weighted by atomic mass is 9.96. The first-order valence-electron chi connectivity index (χ1n) is 8.22. The van der Waals surface area contributed by atoms with E-state index in [0.29, 0.717) is 13.1 Å². The molecule has 1 amide bonds. The maximum Gasteiger partial charge on any atom is 0.230 e. The lowest BCUT2D eigenvalue weighted by molar-refractivity contribution is -0.122. The summed E-state index contributed by atoms with van der Waals surface area (Å²) in [4.78, 5) is 14.9. The van der Waals surface area contributed by atoms with Gasteiger partial charge in [-0.2, -0.15) is 0 Å². The lowest BCUT2D eigenvalue weighted by Crippen LogP contribution is -2.37. The van der Waals surface area contributed by atoms with Crippen molar-refractivity contribution in [1.82, 2.24) is 0 Å². The van der Waals surface area contributed by atoms with Crippen molar-refractivity contribution in [3.05, 3.63) is 29.8 Å². The van der Waals surface area contributed by atoms with Crippen molar-refractivity contribution >= 4 is 11.6 Å². The van der Waals surface area contributed by atoms with E-state index in [-0.39, 0.29) is 11.8 Å². The highest BCUT2D eigenvalue weighted by Crippen LogP contribution is 2.23. The number of anilines is 1. The van der Waals surface area contributed by atoms with Crippen molar-refractivity contribution in [3.63, 3.8) is 0 Å². The van der Waals surface area contributed by atoms with Crippen LogP contribution in [0.15, 0.2) is 24.3 Å². The number of amides is 1. The molecule has 0 unspecified atom stereocenters. The predicted octanol–water partition coefficient (Wildman–Crippen LogP) is 3.89. The summed E-state index contributed by atoms with van der Waals surface area (Å²) in [5.41, 5.74) is 7.83. The molecule has 1 rings (SSSR count). The number of nitrogens with two attached hydrogens (primary N) is 1. The second-order valence-electron chi connectivity index (χ2n) is 5.75. The summed E-state index contributed by atoms with van der Waals surface area (Å²) in [5.74, 6) is 0.399. The average Bonchev–Trinajstić information content (AvgIpc) is 2.47. The summed E-state index contributed by atoms with van der Waals surface area (Å²) in [6, 6.07) is 8.19. The first kappa shape index (κ1) is 17.7. The SMILES string of the molecule is CCCC(CCC)C(=O)N(CCCN)c1cccc(C)c1. The molecule has 1 aromatic carbocycles. The quantitative estimate of drug-likeness (QED) is 0.750. The minimum absolute atomic E-state index is 0.137. The van der Waals surface area contributed by atoms with Gasteiger partial charge in [-0.1, -0.05) is 38.8 Å². The normalized spacial score (nSPS) is 10.9. The van der Waals surface area contributed by atoms with Gasteiger partial charge in [0.2, 0.25) is 5.91 Å². The van der Waals surface area contributed by atoms with Crippen LogP contribution in [0.3, 0.4) is 0 Å². The Hall–Kier alpha value is -1.35. The summed E-state index contributed by atoms with van der Waals surface area (Å²) in [6.45, 7) is 7.68. The van der Waals surface area contributed by atoms with E-state index < -0.39 is 0 Å². The summed E-state index contributed by atoms with van der Waals surface area (Å²) in [7, 11) is 0. The van der Waals surface area contributed by atoms with E-state index >= 15 is 0 Å². The molecule has 0 aromatic heterocycles. The molecule has 0 saturated carbocycles. The Morgan fingerprint density at radius 3 is 2.43 bits per heavy atom.